The molecule has 0 spiro atoms. The third kappa shape index (κ3) is 40.1. The third-order valence-corrected chi connectivity index (χ3v) is 23.3. The molecule has 0 aliphatic heterocycles. The minimum absolute atomic E-state index is 0.0276. The van der Waals surface area contributed by atoms with Gasteiger partial charge in [0.2, 0.25) is 106 Å². The zero-order valence-corrected chi connectivity index (χ0v) is 80.8. The average molecular weight is 1980 g/mol. The smallest absolute Gasteiger partial charge is 0.243 e. The third-order valence-electron chi connectivity index (χ3n) is 23.3. The van der Waals surface area contributed by atoms with E-state index in [1.54, 1.807) is 81.7 Å². The van der Waals surface area contributed by atoms with Gasteiger partial charge in [0.05, 0.1) is 32.7 Å². The minimum atomic E-state index is -1.53. The number of nitrogens with two attached hydrogens (primary N) is 5. The van der Waals surface area contributed by atoms with Crippen LogP contribution < -0.4 is 130 Å². The first kappa shape index (κ1) is 115. The van der Waals surface area contributed by atoms with Crippen molar-refractivity contribution in [1.82, 2.24) is 111 Å². The maximum absolute atomic E-state index is 14.9. The number of aromatic hydroxyl groups is 2. The molecule has 142 heavy (non-hydrogen) atoms. The lowest BCUT2D eigenvalue weighted by Crippen LogP contribution is -2.60. The summed E-state index contributed by atoms with van der Waals surface area (Å²) in [7, 11) is 0. The van der Waals surface area contributed by atoms with Crippen molar-refractivity contribution in [2.75, 3.05) is 58.9 Å². The summed E-state index contributed by atoms with van der Waals surface area (Å²) in [5.74, 6) is -17.1. The molecular weight excluding hydrogens is 1840 g/mol. The van der Waals surface area contributed by atoms with E-state index in [1.165, 1.54) is 69.3 Å². The van der Waals surface area contributed by atoms with E-state index >= 15 is 0 Å². The van der Waals surface area contributed by atoms with Crippen LogP contribution in [0.1, 0.15) is 148 Å². The molecule has 0 bridgehead atoms. The molecule has 48 heteroatoms. The van der Waals surface area contributed by atoms with E-state index in [9.17, 15) is 96.5 Å². The number of carbonyl (C=O) groups is 18. The number of aromatic amines is 2. The summed E-state index contributed by atoms with van der Waals surface area (Å²) in [6, 6.07) is 9.34. The van der Waals surface area contributed by atoms with Gasteiger partial charge in [-0.05, 0) is 162 Å². The molecule has 4 aromatic carbocycles. The van der Waals surface area contributed by atoms with Crippen LogP contribution >= 0.6 is 0 Å². The number of rotatable bonds is 62. The van der Waals surface area contributed by atoms with Gasteiger partial charge in [0.15, 0.2) is 11.9 Å². The second-order valence-corrected chi connectivity index (χ2v) is 34.6. The predicted molar refractivity (Wildman–Crippen MR) is 525 cm³/mol. The van der Waals surface area contributed by atoms with Crippen LogP contribution in [0.15, 0.2) is 109 Å². The molecule has 2 heterocycles. The van der Waals surface area contributed by atoms with Crippen molar-refractivity contribution in [3.8, 4) is 11.5 Å². The number of primary amides is 1. The molecule has 48 nitrogen and oxygen atoms in total. The quantitative estimate of drug-likeness (QED) is 0.00967. The first-order valence-electron chi connectivity index (χ1n) is 47.1. The lowest BCUT2D eigenvalue weighted by Gasteiger charge is -2.28. The minimum Gasteiger partial charge on any atom is -0.508 e. The highest BCUT2D eigenvalue weighted by Crippen LogP contribution is 2.24. The van der Waals surface area contributed by atoms with E-state index in [0.29, 0.717) is 69.7 Å². The summed E-state index contributed by atoms with van der Waals surface area (Å²) in [6.07, 6.45) is 4.36. The largest absolute Gasteiger partial charge is 0.508 e. The molecule has 0 aliphatic rings. The van der Waals surface area contributed by atoms with Crippen molar-refractivity contribution in [1.29, 1.82) is 10.8 Å². The number of para-hydroxylation sites is 2. The molecule has 774 valence electrons. The Morgan fingerprint density at radius 3 is 1.03 bits per heavy atom. The van der Waals surface area contributed by atoms with E-state index in [4.69, 9.17) is 39.5 Å². The number of phenols is 2. The number of hydrogen-bond donors (Lipinski definition) is 30. The van der Waals surface area contributed by atoms with Gasteiger partial charge in [-0.3, -0.25) is 97.1 Å². The molecule has 0 saturated carbocycles. The monoisotopic (exact) mass is 1980 g/mol. The van der Waals surface area contributed by atoms with E-state index in [2.05, 4.69) is 111 Å². The van der Waals surface area contributed by atoms with Crippen LogP contribution in [0, 0.1) is 22.7 Å². The summed E-state index contributed by atoms with van der Waals surface area (Å²) in [5.41, 5.74) is 31.8. The van der Waals surface area contributed by atoms with Crippen LogP contribution in [-0.4, -0.2) is 270 Å². The molecule has 6 aromatic rings. The number of unbranched alkanes of at least 4 members (excludes halogenated alkanes) is 2. The fourth-order valence-corrected chi connectivity index (χ4v) is 14.8. The van der Waals surface area contributed by atoms with E-state index in [1.807, 2.05) is 6.92 Å². The number of amides is 18. The Bertz CT molecular complexity index is 5330. The van der Waals surface area contributed by atoms with E-state index < -0.39 is 223 Å². The fraction of sp³-hybridized carbons (Fsp3) is 0.489. The lowest BCUT2D eigenvalue weighted by molar-refractivity contribution is -0.135. The van der Waals surface area contributed by atoms with Crippen LogP contribution in [-0.2, 0) is 112 Å². The summed E-state index contributed by atoms with van der Waals surface area (Å²) in [4.78, 5) is 255. The molecule has 18 amide bonds. The summed E-state index contributed by atoms with van der Waals surface area (Å²) in [5, 5.41) is 85.7. The number of H-pyrrole nitrogens is 2. The highest BCUT2D eigenvalue weighted by molar-refractivity contribution is 6.01. The average Bonchev–Trinajstić information content (AvgIpc) is 1.75. The SMILES string of the molecule is CC[C@H](C)[C@H](NC(=O)[C@H](C)NC(=O)[C@H](Cc1c[nH]c2ccccc12)NC(=O)[C@H](Cc1ccc(O)cc1)NC(=O)[C@H](CCCCN)NC(=O)[C@H](CCCNC(=N)N)NC(=O)CNC(=O)CNC(=O)CNC(=O)CNC(=O)CNC(=O)[C@H](CCCNC(=N)N)NC(=O)[C@H](CCCCN)NC(=O)[C@H](Cc1ccc(O)cc1)NC(=O)[C@H](Cc1c[nH]c2ccccc12)NC(=O)[C@H](C)NC(=O)[C@@H](NC(C)=O)[C@@H](C)CC)C(N)=O. The Labute approximate surface area is 820 Å². The molecule has 0 saturated heterocycles. The molecule has 14 atom stereocenters. The van der Waals surface area contributed by atoms with Crippen molar-refractivity contribution >= 4 is 140 Å². The maximum atomic E-state index is 14.9. The number of nitrogens with one attached hydrogen (secondary N) is 23. The topological polar surface area (TPSA) is 786 Å². The number of benzene rings is 4. The van der Waals surface area contributed by atoms with Crippen molar-refractivity contribution in [2.45, 2.75) is 224 Å². The Morgan fingerprint density at radius 1 is 0.331 bits per heavy atom. The Morgan fingerprint density at radius 2 is 0.648 bits per heavy atom. The molecule has 0 unspecified atom stereocenters. The standard InChI is InChI=1S/C94H138N28O20/c1-8-51(3)79(81(97)131)122-83(133)54(6)111-88(138)72(42-58-44-104-64-22-12-10-20-62(58)64)121-90(140)71(41-57-30-34-61(125)35-31-57)119-87(137)69(25-15-17-37-96)116-85(135)67(27-19-39-103-94(100)101)114-78(130)50-109-76(128)48-107-74(126)46-106-75(127)47-108-77(129)49-110-84(134)66(26-18-38-102-93(98)99)115-86(136)68(24-14-16-36-95)117-89(139)70(40-56-28-32-60(124)33-29-56)120-91(141)73(43-59-45-105-65-23-13-11-21-63(59)65)118-82(132)53(5)112-92(142)80(52(4)9-2)113-55(7)123/h10-13,20-23,28-35,44-45,51-54,66-73,79-80,104-105,124-125H,8-9,14-19,24-27,36-43,46-50,95-96H2,1-7H3,(H2,97,131)(H,106,127)(H,107,126)(H,108,129)(H,109,128)(H,110,134)(H,111,138)(H,112,142)(H,113,123)(H,114,130)(H,115,136)(H,116,135)(H,117,139)(H,118,132)(H,119,137)(H,120,141)(H,121,140)(H,122,133)(H4,98,99,102)(H4,100,101,103)/t51-,52-,53-,54-,66-,67-,68-,69-,70-,71-,72-,73-,79-,80-/m0/s1. The summed E-state index contributed by atoms with van der Waals surface area (Å²) >= 11 is 0. The fourth-order valence-electron chi connectivity index (χ4n) is 14.8. The highest BCUT2D eigenvalue weighted by Gasteiger charge is 2.38. The Hall–Kier alpha value is -15.5. The summed E-state index contributed by atoms with van der Waals surface area (Å²) in [6.45, 7) is 7.68. The van der Waals surface area contributed by atoms with Crippen molar-refractivity contribution in [3.05, 3.63) is 132 Å². The molecule has 0 aliphatic carbocycles. The van der Waals surface area contributed by atoms with Crippen LogP contribution in [0.3, 0.4) is 0 Å². The van der Waals surface area contributed by atoms with Gasteiger partial charge < -0.3 is 150 Å². The Balaban J connectivity index is 1.06. The van der Waals surface area contributed by atoms with Gasteiger partial charge in [-0.1, -0.05) is 101 Å². The van der Waals surface area contributed by atoms with Crippen LogP contribution in [0.5, 0.6) is 11.5 Å². The molecule has 2 aromatic heterocycles. The van der Waals surface area contributed by atoms with Gasteiger partial charge in [-0.25, -0.2) is 0 Å². The summed E-state index contributed by atoms with van der Waals surface area (Å²) < 4.78 is 0. The molecule has 0 fully saturated rings. The van der Waals surface area contributed by atoms with E-state index in [0.717, 1.165) is 0 Å². The zero-order valence-electron chi connectivity index (χ0n) is 80.8. The van der Waals surface area contributed by atoms with Gasteiger partial charge in [0.25, 0.3) is 0 Å². The predicted octanol–water partition coefficient (Wildman–Crippen LogP) is -4.85. The highest BCUT2D eigenvalue weighted by atomic mass is 16.3. The second-order valence-electron chi connectivity index (χ2n) is 34.6. The van der Waals surface area contributed by atoms with E-state index in [-0.39, 0.29) is 127 Å². The van der Waals surface area contributed by atoms with Gasteiger partial charge >= 0.3 is 0 Å². The number of guanidine groups is 2. The van der Waals surface area contributed by atoms with Crippen LogP contribution in [0.2, 0.25) is 0 Å². The normalized spacial score (nSPS) is 14.0. The van der Waals surface area contributed by atoms with Crippen molar-refractivity contribution in [3.63, 3.8) is 0 Å². The van der Waals surface area contributed by atoms with Gasteiger partial charge in [0.1, 0.15) is 84.0 Å². The van der Waals surface area contributed by atoms with Gasteiger partial charge in [0, 0.05) is 79.9 Å². The van der Waals surface area contributed by atoms with Crippen LogP contribution in [0.4, 0.5) is 0 Å². The number of carbonyl (C=O) groups excluding carboxylic acids is 18. The molecule has 0 radical (unpaired) electrons. The first-order valence-corrected chi connectivity index (χ1v) is 47.1. The van der Waals surface area contributed by atoms with Gasteiger partial charge in [-0.2, -0.15) is 0 Å². The molecule has 35 N–H and O–H groups in total. The Kier molecular flexibility index (Phi) is 48.4. The number of aromatic nitrogens is 2. The maximum Gasteiger partial charge on any atom is 0.243 e. The van der Waals surface area contributed by atoms with Crippen LogP contribution in [0.25, 0.3) is 21.8 Å². The lowest BCUT2D eigenvalue weighted by atomic mass is 9.98. The van der Waals surface area contributed by atoms with Crippen molar-refractivity contribution in [2.24, 2.45) is 40.5 Å². The van der Waals surface area contributed by atoms with Crippen molar-refractivity contribution < 1.29 is 96.5 Å². The van der Waals surface area contributed by atoms with Gasteiger partial charge in [-0.15, -0.1) is 0 Å². The zero-order chi connectivity index (χ0) is 105. The number of hydrogen-bond acceptors (Lipinski definition) is 24. The first-order chi connectivity index (χ1) is 67.6. The molecular formula is C94H138N28O20. The number of fused-ring (bicyclic) bond motifs is 2. The number of phenolic OH excluding ortho intramolecular Hbond substituents is 2. The second kappa shape index (κ2) is 59.7. The molecule has 6 rings (SSSR count).